The van der Waals surface area contributed by atoms with E-state index in [2.05, 4.69) is 15.3 Å². The number of nitrogens with zero attached hydrogens (tertiary/aromatic N) is 3. The Morgan fingerprint density at radius 2 is 1.96 bits per heavy atom. The number of rotatable bonds is 3. The maximum absolute atomic E-state index is 12.7. The minimum atomic E-state index is 0.00318. The Hall–Kier alpha value is -2.14. The van der Waals surface area contributed by atoms with Gasteiger partial charge < -0.3 is 10.2 Å². The Morgan fingerprint density at radius 1 is 1.22 bits per heavy atom. The topological polar surface area (TPSA) is 50.2 Å². The fourth-order valence-electron chi connectivity index (χ4n) is 3.77. The van der Waals surface area contributed by atoms with Crippen molar-refractivity contribution in [2.45, 2.75) is 25.8 Å². The van der Waals surface area contributed by atoms with Gasteiger partial charge in [0.25, 0.3) is 5.91 Å². The fraction of sp³-hybridized carbons (Fsp3) is 0.444. The third-order valence-electron chi connectivity index (χ3n) is 5.14. The van der Waals surface area contributed by atoms with Gasteiger partial charge in [-0.2, -0.15) is 5.10 Å². The zero-order valence-corrected chi connectivity index (χ0v) is 13.4. The number of hydrogen-bond donors (Lipinski definition) is 1. The van der Waals surface area contributed by atoms with Crippen molar-refractivity contribution in [2.24, 2.45) is 5.92 Å². The van der Waals surface area contributed by atoms with Crippen LogP contribution in [0.25, 0.3) is 5.69 Å². The second-order valence-electron chi connectivity index (χ2n) is 6.63. The standard InChI is InChI=1S/C18H22N4O/c1-13-16(11-22(20-13)15-5-3-2-4-6-15)18(23)19-17-12-21-9-7-14(17)8-10-21/h2-6,11,14,17H,7-10,12H2,1H3,(H,19,23)/t17-/m0/s1. The maximum Gasteiger partial charge on any atom is 0.255 e. The second-order valence-corrected chi connectivity index (χ2v) is 6.63. The lowest BCUT2D eigenvalue weighted by atomic mass is 9.84. The van der Waals surface area contributed by atoms with E-state index in [1.807, 2.05) is 43.5 Å². The first-order valence-corrected chi connectivity index (χ1v) is 8.35. The lowest BCUT2D eigenvalue weighted by Crippen LogP contribution is -2.57. The smallest absolute Gasteiger partial charge is 0.255 e. The van der Waals surface area contributed by atoms with E-state index < -0.39 is 0 Å². The summed E-state index contributed by atoms with van der Waals surface area (Å²) >= 11 is 0. The van der Waals surface area contributed by atoms with E-state index >= 15 is 0 Å². The van der Waals surface area contributed by atoms with E-state index in [1.54, 1.807) is 4.68 Å². The summed E-state index contributed by atoms with van der Waals surface area (Å²) in [5.74, 6) is 0.636. The van der Waals surface area contributed by atoms with Gasteiger partial charge >= 0.3 is 0 Å². The van der Waals surface area contributed by atoms with Crippen LogP contribution in [0.1, 0.15) is 28.9 Å². The molecule has 3 aliphatic rings. The van der Waals surface area contributed by atoms with Crippen LogP contribution in [0, 0.1) is 12.8 Å². The molecule has 3 fully saturated rings. The Morgan fingerprint density at radius 3 is 2.61 bits per heavy atom. The third kappa shape index (κ3) is 2.77. The van der Waals surface area contributed by atoms with Crippen LogP contribution in [-0.2, 0) is 0 Å². The van der Waals surface area contributed by atoms with Crippen LogP contribution in [0.4, 0.5) is 0 Å². The summed E-state index contributed by atoms with van der Waals surface area (Å²) in [4.78, 5) is 15.1. The molecule has 1 atom stereocenters. The summed E-state index contributed by atoms with van der Waals surface area (Å²) in [6.45, 7) is 5.25. The zero-order chi connectivity index (χ0) is 15.8. The number of amides is 1. The highest BCUT2D eigenvalue weighted by molar-refractivity contribution is 5.95. The third-order valence-corrected chi connectivity index (χ3v) is 5.14. The molecule has 120 valence electrons. The zero-order valence-electron chi connectivity index (χ0n) is 13.4. The summed E-state index contributed by atoms with van der Waals surface area (Å²) in [6, 6.07) is 10.2. The van der Waals surface area contributed by atoms with Gasteiger partial charge in [0.05, 0.1) is 16.9 Å². The maximum atomic E-state index is 12.7. The highest BCUT2D eigenvalue weighted by Gasteiger charge is 2.35. The molecule has 3 saturated heterocycles. The monoisotopic (exact) mass is 310 g/mol. The van der Waals surface area contributed by atoms with Crippen LogP contribution < -0.4 is 5.32 Å². The van der Waals surface area contributed by atoms with Crippen LogP contribution in [0.2, 0.25) is 0 Å². The predicted molar refractivity (Wildman–Crippen MR) is 88.7 cm³/mol. The molecular formula is C18H22N4O. The molecule has 0 unspecified atom stereocenters. The average Bonchev–Trinajstić information content (AvgIpc) is 2.99. The summed E-state index contributed by atoms with van der Waals surface area (Å²) in [5.41, 5.74) is 2.41. The van der Waals surface area contributed by atoms with Crippen molar-refractivity contribution in [1.29, 1.82) is 0 Å². The first-order valence-electron chi connectivity index (χ1n) is 8.35. The van der Waals surface area contributed by atoms with E-state index in [0.717, 1.165) is 17.9 Å². The van der Waals surface area contributed by atoms with Crippen molar-refractivity contribution in [2.75, 3.05) is 19.6 Å². The van der Waals surface area contributed by atoms with Crippen molar-refractivity contribution in [3.05, 3.63) is 47.8 Å². The minimum Gasteiger partial charge on any atom is -0.348 e. The van der Waals surface area contributed by atoms with Crippen molar-refractivity contribution in [3.63, 3.8) is 0 Å². The fourth-order valence-corrected chi connectivity index (χ4v) is 3.77. The molecule has 5 rings (SSSR count). The predicted octanol–water partition coefficient (Wildman–Crippen LogP) is 2.00. The molecule has 1 amide bonds. The van der Waals surface area contributed by atoms with Crippen molar-refractivity contribution >= 4 is 5.91 Å². The van der Waals surface area contributed by atoms with E-state index in [9.17, 15) is 4.79 Å². The molecule has 5 heteroatoms. The second kappa shape index (κ2) is 5.81. The number of benzene rings is 1. The molecule has 0 spiro atoms. The molecule has 0 aliphatic carbocycles. The van der Waals surface area contributed by atoms with Crippen molar-refractivity contribution < 1.29 is 4.79 Å². The number of carbonyl (C=O) groups excluding carboxylic acids is 1. The highest BCUT2D eigenvalue weighted by atomic mass is 16.1. The molecule has 1 aromatic carbocycles. The van der Waals surface area contributed by atoms with Gasteiger partial charge in [0, 0.05) is 18.8 Å². The van der Waals surface area contributed by atoms with Crippen LogP contribution in [0.5, 0.6) is 0 Å². The van der Waals surface area contributed by atoms with E-state index in [4.69, 9.17) is 0 Å². The number of aromatic nitrogens is 2. The normalized spacial score (nSPS) is 26.2. The molecule has 2 aromatic rings. The van der Waals surface area contributed by atoms with E-state index in [1.165, 1.54) is 25.9 Å². The first-order chi connectivity index (χ1) is 11.2. The SMILES string of the molecule is Cc1nn(-c2ccccc2)cc1C(=O)N[C@H]1CN2CCC1CC2. The largest absolute Gasteiger partial charge is 0.348 e. The van der Waals surface area contributed by atoms with E-state index in [0.29, 0.717) is 11.5 Å². The Balaban J connectivity index is 1.52. The van der Waals surface area contributed by atoms with Gasteiger partial charge in [-0.1, -0.05) is 18.2 Å². The Kier molecular flexibility index (Phi) is 3.65. The number of aryl methyl sites for hydroxylation is 1. The van der Waals surface area contributed by atoms with Gasteiger partial charge in [-0.15, -0.1) is 0 Å². The molecule has 0 radical (unpaired) electrons. The summed E-state index contributed by atoms with van der Waals surface area (Å²) in [7, 11) is 0. The van der Waals surface area contributed by atoms with E-state index in [-0.39, 0.29) is 11.9 Å². The molecule has 23 heavy (non-hydrogen) atoms. The number of para-hydroxylation sites is 1. The van der Waals surface area contributed by atoms with Gasteiger partial charge in [0.2, 0.25) is 0 Å². The Labute approximate surface area is 136 Å². The van der Waals surface area contributed by atoms with Crippen LogP contribution in [-0.4, -0.2) is 46.3 Å². The van der Waals surface area contributed by atoms with Gasteiger partial charge in [0.15, 0.2) is 0 Å². The van der Waals surface area contributed by atoms with Crippen LogP contribution in [0.3, 0.4) is 0 Å². The number of fused-ring (bicyclic) bond motifs is 3. The molecule has 4 heterocycles. The summed E-state index contributed by atoms with van der Waals surface area (Å²) in [6.07, 6.45) is 4.24. The van der Waals surface area contributed by atoms with Crippen molar-refractivity contribution in [1.82, 2.24) is 20.0 Å². The lowest BCUT2D eigenvalue weighted by Gasteiger charge is -2.44. The Bertz CT molecular complexity index is 701. The summed E-state index contributed by atoms with van der Waals surface area (Å²) < 4.78 is 1.78. The van der Waals surface area contributed by atoms with Crippen LogP contribution in [0.15, 0.2) is 36.5 Å². The number of nitrogens with one attached hydrogen (secondary N) is 1. The molecule has 1 aromatic heterocycles. The molecule has 1 N–H and O–H groups in total. The number of carbonyl (C=O) groups is 1. The number of hydrogen-bond acceptors (Lipinski definition) is 3. The molecule has 0 saturated carbocycles. The minimum absolute atomic E-state index is 0.00318. The number of piperidine rings is 3. The first kappa shape index (κ1) is 14.5. The highest BCUT2D eigenvalue weighted by Crippen LogP contribution is 2.27. The van der Waals surface area contributed by atoms with Gasteiger partial charge in [0.1, 0.15) is 0 Å². The molecule has 3 aliphatic heterocycles. The lowest BCUT2D eigenvalue weighted by molar-refractivity contribution is 0.0620. The van der Waals surface area contributed by atoms with Gasteiger partial charge in [-0.3, -0.25) is 4.79 Å². The van der Waals surface area contributed by atoms with Gasteiger partial charge in [-0.25, -0.2) is 4.68 Å². The van der Waals surface area contributed by atoms with Gasteiger partial charge in [-0.05, 0) is 50.9 Å². The quantitative estimate of drug-likeness (QED) is 0.943. The molecule has 5 nitrogen and oxygen atoms in total. The average molecular weight is 310 g/mol. The molecule has 2 bridgehead atoms. The molecular weight excluding hydrogens is 288 g/mol. The van der Waals surface area contributed by atoms with Crippen molar-refractivity contribution in [3.8, 4) is 5.69 Å². The summed E-state index contributed by atoms with van der Waals surface area (Å²) in [5, 5.41) is 7.73. The van der Waals surface area contributed by atoms with Crippen LogP contribution >= 0.6 is 0 Å².